The molecule has 3 aliphatic rings. The van der Waals surface area contributed by atoms with Gasteiger partial charge in [-0.3, -0.25) is 9.79 Å². The standard InChI is InChI=1S/C24H34N4O2Si/c1-16-10-7-8-11-19(16)26-22(30)28-15-17-18(23(28,2)3)14-25-20(17)27-21(29)24(12-9-13-24)31(4,5)6/h7-8,10-11H,9,12-15H2,1-6H3,(H,26,30)(H,25,27,29). The van der Waals surface area contributed by atoms with Gasteiger partial charge < -0.3 is 15.5 Å². The molecule has 0 saturated heterocycles. The summed E-state index contributed by atoms with van der Waals surface area (Å²) in [5.41, 5.74) is 3.52. The molecule has 1 fully saturated rings. The molecule has 1 aromatic rings. The first kappa shape index (κ1) is 21.8. The van der Waals surface area contributed by atoms with Crippen molar-refractivity contribution in [2.45, 2.75) is 70.3 Å². The Morgan fingerprint density at radius 2 is 1.77 bits per heavy atom. The Labute approximate surface area is 186 Å². The number of carbonyl (C=O) groups is 2. The number of urea groups is 1. The highest BCUT2D eigenvalue weighted by atomic mass is 28.3. The second-order valence-electron chi connectivity index (χ2n) is 10.7. The highest BCUT2D eigenvalue weighted by molar-refractivity contribution is 6.82. The first-order valence-corrected chi connectivity index (χ1v) is 14.7. The quantitative estimate of drug-likeness (QED) is 0.671. The van der Waals surface area contributed by atoms with Gasteiger partial charge in [-0.1, -0.05) is 44.3 Å². The fourth-order valence-corrected chi connectivity index (χ4v) is 7.75. The number of para-hydroxylation sites is 1. The van der Waals surface area contributed by atoms with Crippen molar-refractivity contribution in [3.63, 3.8) is 0 Å². The number of amidine groups is 1. The number of aliphatic imine (C=N–C) groups is 1. The summed E-state index contributed by atoms with van der Waals surface area (Å²) in [7, 11) is -1.66. The lowest BCUT2D eigenvalue weighted by Crippen LogP contribution is -2.55. The third-order valence-electron chi connectivity index (χ3n) is 7.72. The first-order chi connectivity index (χ1) is 14.5. The van der Waals surface area contributed by atoms with Crippen LogP contribution in [0.5, 0.6) is 0 Å². The fraction of sp³-hybridized carbons (Fsp3) is 0.542. The molecular weight excluding hydrogens is 404 g/mol. The van der Waals surface area contributed by atoms with Gasteiger partial charge in [-0.05, 0) is 50.8 Å². The number of nitrogens with one attached hydrogen (secondary N) is 2. The van der Waals surface area contributed by atoms with Gasteiger partial charge in [0.1, 0.15) is 5.84 Å². The van der Waals surface area contributed by atoms with Crippen LogP contribution in [0, 0.1) is 6.92 Å². The van der Waals surface area contributed by atoms with Gasteiger partial charge in [-0.15, -0.1) is 0 Å². The van der Waals surface area contributed by atoms with Gasteiger partial charge in [-0.2, -0.15) is 0 Å². The minimum absolute atomic E-state index is 0.128. The molecule has 31 heavy (non-hydrogen) atoms. The number of nitrogens with zero attached hydrogens (tertiary/aromatic N) is 2. The maximum Gasteiger partial charge on any atom is 0.322 e. The van der Waals surface area contributed by atoms with E-state index in [2.05, 4.69) is 49.1 Å². The van der Waals surface area contributed by atoms with Gasteiger partial charge in [0, 0.05) is 16.3 Å². The van der Waals surface area contributed by atoms with E-state index >= 15 is 0 Å². The van der Waals surface area contributed by atoms with Crippen LogP contribution < -0.4 is 10.6 Å². The van der Waals surface area contributed by atoms with Crippen molar-refractivity contribution in [1.82, 2.24) is 10.2 Å². The van der Waals surface area contributed by atoms with E-state index in [4.69, 9.17) is 0 Å². The van der Waals surface area contributed by atoms with E-state index in [-0.39, 0.29) is 17.0 Å². The van der Waals surface area contributed by atoms with E-state index in [1.165, 1.54) is 0 Å². The van der Waals surface area contributed by atoms with Crippen LogP contribution in [0.1, 0.15) is 38.7 Å². The minimum atomic E-state index is -1.66. The maximum atomic E-state index is 13.3. The highest BCUT2D eigenvalue weighted by Gasteiger charge is 2.54. The van der Waals surface area contributed by atoms with Crippen molar-refractivity contribution in [2.24, 2.45) is 4.99 Å². The van der Waals surface area contributed by atoms with Crippen LogP contribution in [-0.2, 0) is 4.79 Å². The molecule has 0 bridgehead atoms. The molecular formula is C24H34N4O2Si. The topological polar surface area (TPSA) is 73.8 Å². The van der Waals surface area contributed by atoms with Gasteiger partial charge in [0.05, 0.1) is 26.7 Å². The SMILES string of the molecule is Cc1ccccc1NC(=O)N1CC2=C(CN=C2NC(=O)C2([Si](C)(C)C)CCC2)C1(C)C. The van der Waals surface area contributed by atoms with E-state index in [1.807, 2.05) is 36.1 Å². The zero-order chi connectivity index (χ0) is 22.6. The molecule has 166 valence electrons. The van der Waals surface area contributed by atoms with Gasteiger partial charge >= 0.3 is 6.03 Å². The Hall–Kier alpha value is -2.41. The van der Waals surface area contributed by atoms with Crippen LogP contribution in [0.25, 0.3) is 0 Å². The van der Waals surface area contributed by atoms with Crippen LogP contribution in [0.3, 0.4) is 0 Å². The van der Waals surface area contributed by atoms with E-state index in [0.717, 1.165) is 41.7 Å². The molecule has 2 heterocycles. The Bertz CT molecular complexity index is 999. The number of hydrogen-bond donors (Lipinski definition) is 2. The third-order valence-corrected chi connectivity index (χ3v) is 11.3. The first-order valence-electron chi connectivity index (χ1n) is 11.2. The van der Waals surface area contributed by atoms with Crippen molar-refractivity contribution >= 4 is 31.5 Å². The zero-order valence-corrected chi connectivity index (χ0v) is 20.6. The number of rotatable bonds is 3. The third kappa shape index (κ3) is 3.43. The number of amides is 3. The number of anilines is 1. The molecule has 3 amide bonds. The number of carbonyl (C=O) groups excluding carboxylic acids is 2. The minimum Gasteiger partial charge on any atom is -0.311 e. The van der Waals surface area contributed by atoms with Gasteiger partial charge in [0.15, 0.2) is 0 Å². The molecule has 1 saturated carbocycles. The molecule has 0 aromatic heterocycles. The Kier molecular flexibility index (Phi) is 5.15. The van der Waals surface area contributed by atoms with E-state index < -0.39 is 13.6 Å². The number of benzene rings is 1. The number of hydrogen-bond acceptors (Lipinski definition) is 3. The van der Waals surface area contributed by atoms with Crippen molar-refractivity contribution < 1.29 is 9.59 Å². The normalized spacial score (nSPS) is 21.4. The van der Waals surface area contributed by atoms with Crippen molar-refractivity contribution in [3.8, 4) is 0 Å². The average molecular weight is 439 g/mol. The van der Waals surface area contributed by atoms with Crippen molar-refractivity contribution in [1.29, 1.82) is 0 Å². The summed E-state index contributed by atoms with van der Waals surface area (Å²) in [6, 6.07) is 7.65. The second-order valence-corrected chi connectivity index (χ2v) is 16.1. The second kappa shape index (κ2) is 7.33. The summed E-state index contributed by atoms with van der Waals surface area (Å²) in [4.78, 5) is 33.0. The fourth-order valence-electron chi connectivity index (χ4n) is 5.16. The molecule has 0 spiro atoms. The van der Waals surface area contributed by atoms with Gasteiger partial charge in [0.25, 0.3) is 0 Å². The molecule has 2 aliphatic heterocycles. The molecule has 0 atom stereocenters. The summed E-state index contributed by atoms with van der Waals surface area (Å²) in [5.74, 6) is 0.801. The highest BCUT2D eigenvalue weighted by Crippen LogP contribution is 2.55. The lowest BCUT2D eigenvalue weighted by molar-refractivity contribution is -0.125. The molecule has 4 rings (SSSR count). The molecule has 0 radical (unpaired) electrons. The Morgan fingerprint density at radius 3 is 2.35 bits per heavy atom. The molecule has 7 heteroatoms. The Morgan fingerprint density at radius 1 is 1.10 bits per heavy atom. The van der Waals surface area contributed by atoms with Crippen LogP contribution in [0.15, 0.2) is 40.4 Å². The molecule has 2 N–H and O–H groups in total. The van der Waals surface area contributed by atoms with Gasteiger partial charge in [-0.25, -0.2) is 4.79 Å². The Balaban J connectivity index is 1.50. The largest absolute Gasteiger partial charge is 0.322 e. The molecule has 0 unspecified atom stereocenters. The van der Waals surface area contributed by atoms with Gasteiger partial charge in [0.2, 0.25) is 5.91 Å². The van der Waals surface area contributed by atoms with Crippen LogP contribution in [0.2, 0.25) is 24.7 Å². The summed E-state index contributed by atoms with van der Waals surface area (Å²) in [6.45, 7) is 13.9. The van der Waals surface area contributed by atoms with Crippen LogP contribution >= 0.6 is 0 Å². The molecule has 1 aromatic carbocycles. The zero-order valence-electron chi connectivity index (χ0n) is 19.6. The van der Waals surface area contributed by atoms with E-state index in [0.29, 0.717) is 18.9 Å². The summed E-state index contributed by atoms with van der Waals surface area (Å²) < 4.78 is 0. The predicted molar refractivity (Wildman–Crippen MR) is 128 cm³/mol. The summed E-state index contributed by atoms with van der Waals surface area (Å²) in [6.07, 6.45) is 3.08. The van der Waals surface area contributed by atoms with Crippen LogP contribution in [0.4, 0.5) is 10.5 Å². The summed E-state index contributed by atoms with van der Waals surface area (Å²) >= 11 is 0. The monoisotopic (exact) mass is 438 g/mol. The van der Waals surface area contributed by atoms with Crippen molar-refractivity contribution in [3.05, 3.63) is 41.0 Å². The average Bonchev–Trinajstić information content (AvgIpc) is 3.13. The molecule has 6 nitrogen and oxygen atoms in total. The van der Waals surface area contributed by atoms with E-state index in [1.54, 1.807) is 0 Å². The summed E-state index contributed by atoms with van der Waals surface area (Å²) in [5, 5.41) is 6.04. The van der Waals surface area contributed by atoms with Crippen LogP contribution in [-0.4, -0.2) is 49.4 Å². The van der Waals surface area contributed by atoms with Crippen molar-refractivity contribution in [2.75, 3.05) is 18.4 Å². The van der Waals surface area contributed by atoms with E-state index in [9.17, 15) is 9.59 Å². The maximum absolute atomic E-state index is 13.3. The smallest absolute Gasteiger partial charge is 0.311 e. The predicted octanol–water partition coefficient (Wildman–Crippen LogP) is 4.71. The lowest BCUT2D eigenvalue weighted by atomic mass is 9.83. The molecule has 1 aliphatic carbocycles. The number of aryl methyl sites for hydroxylation is 1. The lowest BCUT2D eigenvalue weighted by Gasteiger charge is -2.49.